The average Bonchev–Trinajstić information content (AvgIpc) is 3.00. The molecule has 0 bridgehead atoms. The quantitative estimate of drug-likeness (QED) is 0.918. The fraction of sp³-hybridized carbons (Fsp3) is 0.692. The summed E-state index contributed by atoms with van der Waals surface area (Å²) in [6.07, 6.45) is 5.45. The van der Waals surface area contributed by atoms with E-state index in [0.29, 0.717) is 23.1 Å². The first kappa shape index (κ1) is 13.1. The summed E-state index contributed by atoms with van der Waals surface area (Å²) < 4.78 is 2.06. The average molecular weight is 327 g/mol. The number of aromatic nitrogens is 2. The molecule has 0 amide bonds. The first-order chi connectivity index (χ1) is 9.20. The van der Waals surface area contributed by atoms with Crippen molar-refractivity contribution in [2.75, 3.05) is 18.4 Å². The van der Waals surface area contributed by atoms with Crippen molar-refractivity contribution in [3.63, 3.8) is 0 Å². The van der Waals surface area contributed by atoms with Crippen LogP contribution in [0.15, 0.2) is 15.5 Å². The molecule has 2 aliphatic rings. The summed E-state index contributed by atoms with van der Waals surface area (Å²) in [6, 6.07) is 1.07. The van der Waals surface area contributed by atoms with Gasteiger partial charge >= 0.3 is 0 Å². The van der Waals surface area contributed by atoms with Gasteiger partial charge in [-0.2, -0.15) is 5.10 Å². The van der Waals surface area contributed by atoms with Crippen LogP contribution >= 0.6 is 15.9 Å². The molecule has 1 aromatic rings. The van der Waals surface area contributed by atoms with Crippen LogP contribution in [-0.4, -0.2) is 39.9 Å². The molecule has 0 saturated carbocycles. The van der Waals surface area contributed by atoms with E-state index in [2.05, 4.69) is 31.2 Å². The van der Waals surface area contributed by atoms with Crippen LogP contribution < -0.4 is 10.9 Å². The Bertz CT molecular complexity index is 530. The summed E-state index contributed by atoms with van der Waals surface area (Å²) in [7, 11) is 0. The third-order valence-corrected chi connectivity index (χ3v) is 5.00. The minimum Gasteiger partial charge on any atom is -0.378 e. The van der Waals surface area contributed by atoms with Crippen LogP contribution in [0.2, 0.25) is 0 Å². The molecule has 2 saturated heterocycles. The Kier molecular flexibility index (Phi) is 3.62. The van der Waals surface area contributed by atoms with Crippen LogP contribution in [0, 0.1) is 0 Å². The minimum atomic E-state index is -0.0613. The monoisotopic (exact) mass is 326 g/mol. The van der Waals surface area contributed by atoms with E-state index < -0.39 is 0 Å². The van der Waals surface area contributed by atoms with E-state index >= 15 is 0 Å². The number of rotatable bonds is 3. The number of fused-ring (bicyclic) bond motifs is 1. The topological polar surface area (TPSA) is 50.2 Å². The molecule has 0 aliphatic carbocycles. The van der Waals surface area contributed by atoms with Crippen LogP contribution in [0.5, 0.6) is 0 Å². The molecule has 2 fully saturated rings. The lowest BCUT2D eigenvalue weighted by Crippen LogP contribution is -2.34. The molecule has 0 aromatic carbocycles. The summed E-state index contributed by atoms with van der Waals surface area (Å²) in [5.41, 5.74) is 0.766. The molecule has 2 aliphatic heterocycles. The highest BCUT2D eigenvalue weighted by atomic mass is 79.9. The zero-order chi connectivity index (χ0) is 13.4. The number of hydrogen-bond acceptors (Lipinski definition) is 4. The van der Waals surface area contributed by atoms with Crippen molar-refractivity contribution < 1.29 is 0 Å². The van der Waals surface area contributed by atoms with Crippen molar-refractivity contribution in [2.24, 2.45) is 0 Å². The van der Waals surface area contributed by atoms with Crippen molar-refractivity contribution in [3.05, 3.63) is 21.0 Å². The van der Waals surface area contributed by atoms with Crippen LogP contribution in [0.4, 0.5) is 5.69 Å². The number of halogens is 1. The maximum absolute atomic E-state index is 12.0. The predicted octanol–water partition coefficient (Wildman–Crippen LogP) is 1.67. The van der Waals surface area contributed by atoms with E-state index in [9.17, 15) is 4.79 Å². The first-order valence-electron chi connectivity index (χ1n) is 6.97. The third kappa shape index (κ3) is 2.31. The van der Waals surface area contributed by atoms with E-state index in [1.165, 1.54) is 30.6 Å². The molecule has 5 nitrogen and oxygen atoms in total. The lowest BCUT2D eigenvalue weighted by Gasteiger charge is -2.22. The molecule has 1 aromatic heterocycles. The van der Waals surface area contributed by atoms with E-state index in [1.807, 2.05) is 6.92 Å². The van der Waals surface area contributed by atoms with Crippen LogP contribution in [0.25, 0.3) is 0 Å². The molecule has 104 valence electrons. The van der Waals surface area contributed by atoms with Crippen molar-refractivity contribution in [3.8, 4) is 0 Å². The van der Waals surface area contributed by atoms with E-state index in [4.69, 9.17) is 0 Å². The molecule has 2 unspecified atom stereocenters. The molecule has 3 heterocycles. The van der Waals surface area contributed by atoms with E-state index in [0.717, 1.165) is 12.1 Å². The number of anilines is 1. The molecule has 6 heteroatoms. The summed E-state index contributed by atoms with van der Waals surface area (Å²) in [4.78, 5) is 14.6. The maximum atomic E-state index is 12.0. The summed E-state index contributed by atoms with van der Waals surface area (Å²) in [6.45, 7) is 4.90. The lowest BCUT2D eigenvalue weighted by molar-refractivity contribution is 0.318. The van der Waals surface area contributed by atoms with Crippen molar-refractivity contribution >= 4 is 21.6 Å². The predicted molar refractivity (Wildman–Crippen MR) is 78.5 cm³/mol. The second kappa shape index (κ2) is 5.25. The zero-order valence-electron chi connectivity index (χ0n) is 11.1. The van der Waals surface area contributed by atoms with Crippen LogP contribution in [-0.2, 0) is 6.54 Å². The highest BCUT2D eigenvalue weighted by Gasteiger charge is 2.37. The van der Waals surface area contributed by atoms with Gasteiger partial charge in [-0.1, -0.05) is 0 Å². The Labute approximate surface area is 121 Å². The molecule has 3 rings (SSSR count). The molecular formula is C13H19BrN4O. The molecule has 1 N–H and O–H groups in total. The smallest absolute Gasteiger partial charge is 0.283 e. The standard InChI is InChI=1S/C13H19BrN4O/c1-2-18-13(19)12(14)10(8-15-18)16-9-5-7-17-6-3-4-11(9)17/h8-9,11,16H,2-7H2,1H3. The van der Waals surface area contributed by atoms with Gasteiger partial charge in [0.2, 0.25) is 0 Å². The summed E-state index contributed by atoms with van der Waals surface area (Å²) in [5, 5.41) is 7.69. The van der Waals surface area contributed by atoms with Crippen molar-refractivity contribution in [1.82, 2.24) is 14.7 Å². The van der Waals surface area contributed by atoms with E-state index in [-0.39, 0.29) is 5.56 Å². The number of hydrogen-bond donors (Lipinski definition) is 1. The fourth-order valence-electron chi connectivity index (χ4n) is 3.24. The van der Waals surface area contributed by atoms with Crippen molar-refractivity contribution in [2.45, 2.75) is 44.8 Å². The summed E-state index contributed by atoms with van der Waals surface area (Å²) in [5.74, 6) is 0. The third-order valence-electron chi connectivity index (χ3n) is 4.23. The van der Waals surface area contributed by atoms with Gasteiger partial charge in [0.15, 0.2) is 0 Å². The van der Waals surface area contributed by atoms with Gasteiger partial charge in [-0.05, 0) is 48.7 Å². The Morgan fingerprint density at radius 3 is 3.11 bits per heavy atom. The van der Waals surface area contributed by atoms with Gasteiger partial charge in [0.05, 0.1) is 11.9 Å². The largest absolute Gasteiger partial charge is 0.378 e. The van der Waals surface area contributed by atoms with Gasteiger partial charge < -0.3 is 5.32 Å². The number of aryl methyl sites for hydroxylation is 1. The second-order valence-electron chi connectivity index (χ2n) is 5.28. The Morgan fingerprint density at radius 2 is 2.32 bits per heavy atom. The molecule has 0 spiro atoms. The lowest BCUT2D eigenvalue weighted by atomic mass is 10.1. The fourth-order valence-corrected chi connectivity index (χ4v) is 3.66. The van der Waals surface area contributed by atoms with Gasteiger partial charge in [0.25, 0.3) is 5.56 Å². The number of nitrogens with zero attached hydrogens (tertiary/aromatic N) is 3. The number of nitrogens with one attached hydrogen (secondary N) is 1. The molecule has 0 radical (unpaired) electrons. The molecular weight excluding hydrogens is 308 g/mol. The minimum absolute atomic E-state index is 0.0613. The maximum Gasteiger partial charge on any atom is 0.283 e. The van der Waals surface area contributed by atoms with E-state index in [1.54, 1.807) is 6.20 Å². The molecule has 2 atom stereocenters. The second-order valence-corrected chi connectivity index (χ2v) is 6.07. The first-order valence-corrected chi connectivity index (χ1v) is 7.76. The summed E-state index contributed by atoms with van der Waals surface area (Å²) >= 11 is 3.40. The van der Waals surface area contributed by atoms with Crippen molar-refractivity contribution in [1.29, 1.82) is 0 Å². The highest BCUT2D eigenvalue weighted by molar-refractivity contribution is 9.10. The zero-order valence-corrected chi connectivity index (χ0v) is 12.7. The van der Waals surface area contributed by atoms with Crippen LogP contribution in [0.3, 0.4) is 0 Å². The van der Waals surface area contributed by atoms with Gasteiger partial charge in [-0.25, -0.2) is 4.68 Å². The highest BCUT2D eigenvalue weighted by Crippen LogP contribution is 2.31. The molecule has 19 heavy (non-hydrogen) atoms. The normalized spacial score (nSPS) is 26.6. The van der Waals surface area contributed by atoms with Gasteiger partial charge in [0.1, 0.15) is 4.47 Å². The SMILES string of the molecule is CCn1ncc(NC2CCN3CCCC23)c(Br)c1=O. The van der Waals surface area contributed by atoms with Gasteiger partial charge in [-0.15, -0.1) is 0 Å². The van der Waals surface area contributed by atoms with Gasteiger partial charge in [-0.3, -0.25) is 9.69 Å². The Balaban J connectivity index is 1.80. The van der Waals surface area contributed by atoms with Crippen LogP contribution in [0.1, 0.15) is 26.2 Å². The Hall–Kier alpha value is -0.880. The van der Waals surface area contributed by atoms with Gasteiger partial charge in [0, 0.05) is 25.2 Å². The Morgan fingerprint density at radius 1 is 1.47 bits per heavy atom.